The molecule has 1 aromatic heterocycles. The Morgan fingerprint density at radius 3 is 2.64 bits per heavy atom. The Morgan fingerprint density at radius 1 is 1.43 bits per heavy atom. The second-order valence-electron chi connectivity index (χ2n) is 3.49. The van der Waals surface area contributed by atoms with Crippen LogP contribution < -0.4 is 4.90 Å². The quantitative estimate of drug-likeness (QED) is 0.839. The Balaban J connectivity index is 1.99. The Morgan fingerprint density at radius 2 is 2.14 bits per heavy atom. The molecule has 1 aromatic rings. The van der Waals surface area contributed by atoms with E-state index in [2.05, 4.69) is 13.6 Å². The number of rotatable bonds is 2. The number of piperidine rings is 1. The van der Waals surface area contributed by atoms with Gasteiger partial charge in [0.2, 0.25) is 0 Å². The molecule has 0 aliphatic carbocycles. The Bertz CT molecular complexity index is 299. The molecule has 4 nitrogen and oxygen atoms in total. The minimum absolute atomic E-state index is 0.289. The number of nitrogens with zero attached hydrogens (tertiary/aromatic N) is 3. The number of aliphatic hydroxyl groups is 1. The molecular weight excluding hydrogens is 222 g/mol. The minimum atomic E-state index is 0.289. The van der Waals surface area contributed by atoms with Crippen molar-refractivity contribution in [3.8, 4) is 0 Å². The lowest BCUT2D eigenvalue weighted by atomic mass is 9.98. The first-order valence-corrected chi connectivity index (χ1v) is 5.76. The molecule has 1 saturated heterocycles. The highest BCUT2D eigenvalue weighted by Gasteiger charge is 2.22. The van der Waals surface area contributed by atoms with Crippen LogP contribution in [0, 0.1) is 5.92 Å². The Hall–Kier alpha value is -0.390. The Kier molecular flexibility index (Phi) is 3.20. The van der Waals surface area contributed by atoms with Crippen LogP contribution in [0.2, 0.25) is 5.15 Å². The summed E-state index contributed by atoms with van der Waals surface area (Å²) in [4.78, 5) is 2.14. The van der Waals surface area contributed by atoms with Crippen molar-refractivity contribution in [1.82, 2.24) is 8.75 Å². The molecular formula is C8H12ClN3OS. The lowest BCUT2D eigenvalue weighted by Gasteiger charge is -2.30. The second-order valence-corrected chi connectivity index (χ2v) is 4.38. The molecule has 1 aliphatic rings. The first-order chi connectivity index (χ1) is 6.81. The normalized spacial score (nSPS) is 18.9. The zero-order valence-electron chi connectivity index (χ0n) is 7.69. The van der Waals surface area contributed by atoms with Gasteiger partial charge < -0.3 is 10.0 Å². The van der Waals surface area contributed by atoms with Crippen LogP contribution in [0.15, 0.2) is 0 Å². The van der Waals surface area contributed by atoms with E-state index in [0.717, 1.165) is 43.5 Å². The van der Waals surface area contributed by atoms with Crippen LogP contribution in [0.1, 0.15) is 12.8 Å². The molecule has 0 saturated carbocycles. The van der Waals surface area contributed by atoms with Crippen LogP contribution >= 0.6 is 23.3 Å². The van der Waals surface area contributed by atoms with Gasteiger partial charge in [0.15, 0.2) is 11.0 Å². The van der Waals surface area contributed by atoms with Crippen LogP contribution in [-0.4, -0.2) is 33.6 Å². The molecule has 14 heavy (non-hydrogen) atoms. The zero-order chi connectivity index (χ0) is 9.97. The molecule has 0 unspecified atom stereocenters. The summed E-state index contributed by atoms with van der Waals surface area (Å²) in [7, 11) is 0. The van der Waals surface area contributed by atoms with E-state index >= 15 is 0 Å². The maximum atomic E-state index is 8.99. The SMILES string of the molecule is OCC1CCN(c2nsnc2Cl)CC1. The van der Waals surface area contributed by atoms with E-state index in [9.17, 15) is 0 Å². The van der Waals surface area contributed by atoms with Gasteiger partial charge in [0.05, 0.1) is 11.7 Å². The summed E-state index contributed by atoms with van der Waals surface area (Å²) in [6, 6.07) is 0. The molecule has 0 spiro atoms. The standard InChI is InChI=1S/C8H12ClN3OS/c9-7-8(11-14-10-7)12-3-1-6(5-13)2-4-12/h6,13H,1-5H2. The van der Waals surface area contributed by atoms with E-state index < -0.39 is 0 Å². The summed E-state index contributed by atoms with van der Waals surface area (Å²) in [5, 5.41) is 9.49. The van der Waals surface area contributed by atoms with E-state index in [4.69, 9.17) is 16.7 Å². The van der Waals surface area contributed by atoms with Crippen molar-refractivity contribution < 1.29 is 5.11 Å². The molecule has 1 N–H and O–H groups in total. The highest BCUT2D eigenvalue weighted by molar-refractivity contribution is 6.99. The molecule has 1 aliphatic heterocycles. The summed E-state index contributed by atoms with van der Waals surface area (Å²) in [5.41, 5.74) is 0. The van der Waals surface area contributed by atoms with Gasteiger partial charge in [-0.3, -0.25) is 0 Å². The third-order valence-electron chi connectivity index (χ3n) is 2.61. The van der Waals surface area contributed by atoms with Crippen LogP contribution in [0.5, 0.6) is 0 Å². The number of aromatic nitrogens is 2. The lowest BCUT2D eigenvalue weighted by molar-refractivity contribution is 0.203. The van der Waals surface area contributed by atoms with Crippen molar-refractivity contribution in [1.29, 1.82) is 0 Å². The number of hydrogen-bond donors (Lipinski definition) is 1. The lowest BCUT2D eigenvalue weighted by Crippen LogP contribution is -2.35. The largest absolute Gasteiger partial charge is 0.396 e. The van der Waals surface area contributed by atoms with Crippen molar-refractivity contribution in [3.63, 3.8) is 0 Å². The molecule has 2 heterocycles. The van der Waals surface area contributed by atoms with Gasteiger partial charge in [-0.25, -0.2) is 0 Å². The van der Waals surface area contributed by atoms with Gasteiger partial charge in [-0.05, 0) is 18.8 Å². The average molecular weight is 234 g/mol. The summed E-state index contributed by atoms with van der Waals surface area (Å²) < 4.78 is 8.09. The molecule has 0 amide bonds. The van der Waals surface area contributed by atoms with Crippen molar-refractivity contribution in [3.05, 3.63) is 5.15 Å². The van der Waals surface area contributed by atoms with Crippen molar-refractivity contribution in [2.45, 2.75) is 12.8 Å². The summed E-state index contributed by atoms with van der Waals surface area (Å²) in [6.45, 7) is 2.11. The second kappa shape index (κ2) is 4.42. The first-order valence-electron chi connectivity index (χ1n) is 4.65. The zero-order valence-corrected chi connectivity index (χ0v) is 9.26. The molecule has 0 bridgehead atoms. The molecule has 0 atom stereocenters. The van der Waals surface area contributed by atoms with E-state index in [1.165, 1.54) is 0 Å². The fourth-order valence-electron chi connectivity index (χ4n) is 1.69. The summed E-state index contributed by atoms with van der Waals surface area (Å²) in [5.74, 6) is 1.24. The smallest absolute Gasteiger partial charge is 0.187 e. The highest BCUT2D eigenvalue weighted by atomic mass is 35.5. The maximum absolute atomic E-state index is 8.99. The molecule has 0 radical (unpaired) electrons. The maximum Gasteiger partial charge on any atom is 0.187 e. The van der Waals surface area contributed by atoms with E-state index in [-0.39, 0.29) is 6.61 Å². The van der Waals surface area contributed by atoms with Crippen LogP contribution in [0.25, 0.3) is 0 Å². The topological polar surface area (TPSA) is 49.2 Å². The minimum Gasteiger partial charge on any atom is -0.396 e. The van der Waals surface area contributed by atoms with E-state index in [1.807, 2.05) is 0 Å². The van der Waals surface area contributed by atoms with Gasteiger partial charge in [0, 0.05) is 19.7 Å². The highest BCUT2D eigenvalue weighted by Crippen LogP contribution is 2.27. The number of hydrogen-bond acceptors (Lipinski definition) is 5. The van der Waals surface area contributed by atoms with Gasteiger partial charge in [-0.2, -0.15) is 8.75 Å². The third kappa shape index (κ3) is 1.99. The molecule has 0 aromatic carbocycles. The molecule has 6 heteroatoms. The fourth-order valence-corrected chi connectivity index (χ4v) is 2.47. The molecule has 2 rings (SSSR count). The predicted molar refractivity (Wildman–Crippen MR) is 56.9 cm³/mol. The van der Waals surface area contributed by atoms with Gasteiger partial charge in [0.1, 0.15) is 0 Å². The van der Waals surface area contributed by atoms with Crippen molar-refractivity contribution in [2.24, 2.45) is 5.92 Å². The van der Waals surface area contributed by atoms with Crippen LogP contribution in [0.4, 0.5) is 5.82 Å². The summed E-state index contributed by atoms with van der Waals surface area (Å²) >= 11 is 7.03. The Labute approximate surface area is 91.8 Å². The number of halogens is 1. The van der Waals surface area contributed by atoms with Gasteiger partial charge in [0.25, 0.3) is 0 Å². The number of anilines is 1. The fraction of sp³-hybridized carbons (Fsp3) is 0.750. The van der Waals surface area contributed by atoms with E-state index in [0.29, 0.717) is 11.1 Å². The average Bonchev–Trinajstić information content (AvgIpc) is 2.65. The van der Waals surface area contributed by atoms with Crippen LogP contribution in [0.3, 0.4) is 0 Å². The van der Waals surface area contributed by atoms with Crippen molar-refractivity contribution in [2.75, 3.05) is 24.6 Å². The molecule has 1 fully saturated rings. The summed E-state index contributed by atoms with van der Waals surface area (Å²) in [6.07, 6.45) is 2.01. The van der Waals surface area contributed by atoms with Crippen molar-refractivity contribution >= 4 is 29.1 Å². The third-order valence-corrected chi connectivity index (χ3v) is 3.48. The predicted octanol–water partition coefficient (Wildman–Crippen LogP) is 1.40. The first kappa shape index (κ1) is 10.1. The van der Waals surface area contributed by atoms with Gasteiger partial charge in [-0.1, -0.05) is 11.6 Å². The number of aliphatic hydroxyl groups excluding tert-OH is 1. The van der Waals surface area contributed by atoms with Crippen LogP contribution in [-0.2, 0) is 0 Å². The van der Waals surface area contributed by atoms with Gasteiger partial charge >= 0.3 is 0 Å². The molecule has 78 valence electrons. The van der Waals surface area contributed by atoms with Gasteiger partial charge in [-0.15, -0.1) is 0 Å². The monoisotopic (exact) mass is 233 g/mol. The van der Waals surface area contributed by atoms with E-state index in [1.54, 1.807) is 0 Å².